The molecule has 0 spiro atoms. The van der Waals surface area contributed by atoms with Crippen molar-refractivity contribution in [2.75, 3.05) is 26.4 Å². The highest BCUT2D eigenvalue weighted by Crippen LogP contribution is 2.11. The van der Waals surface area contributed by atoms with E-state index < -0.39 is 6.10 Å². The molecule has 2 unspecified atom stereocenters. The maximum absolute atomic E-state index is 9.83. The Kier molecular flexibility index (Phi) is 6.39. The van der Waals surface area contributed by atoms with Gasteiger partial charge in [-0.25, -0.2) is 0 Å². The summed E-state index contributed by atoms with van der Waals surface area (Å²) in [5.74, 6) is 0. The van der Waals surface area contributed by atoms with Crippen LogP contribution in [0.2, 0.25) is 0 Å². The fourth-order valence-electron chi connectivity index (χ4n) is 2.24. The first-order valence-electron chi connectivity index (χ1n) is 7.23. The molecule has 0 amide bonds. The third-order valence-electron chi connectivity index (χ3n) is 3.47. The van der Waals surface area contributed by atoms with Gasteiger partial charge in [0.15, 0.2) is 0 Å². The summed E-state index contributed by atoms with van der Waals surface area (Å²) in [5.41, 5.74) is 2.36. The molecular formula is C15H24N2O3. The van der Waals surface area contributed by atoms with Crippen LogP contribution in [-0.2, 0) is 16.0 Å². The molecule has 2 rings (SSSR count). The Morgan fingerprint density at radius 3 is 3.25 bits per heavy atom. The number of rotatable bonds is 8. The van der Waals surface area contributed by atoms with E-state index in [0.29, 0.717) is 19.8 Å². The lowest BCUT2D eigenvalue weighted by Gasteiger charge is -2.15. The van der Waals surface area contributed by atoms with Gasteiger partial charge in [-0.15, -0.1) is 0 Å². The SMILES string of the molecule is Cc1cnccc1CNCC(O)COCC1CCCO1. The zero-order valence-electron chi connectivity index (χ0n) is 12.0. The number of ether oxygens (including phenoxy) is 2. The lowest BCUT2D eigenvalue weighted by molar-refractivity contribution is -0.0164. The molecule has 1 aliphatic rings. The molecule has 0 aromatic carbocycles. The van der Waals surface area contributed by atoms with Gasteiger partial charge in [-0.1, -0.05) is 0 Å². The number of nitrogens with zero attached hydrogens (tertiary/aromatic N) is 1. The van der Waals surface area contributed by atoms with Gasteiger partial charge in [-0.3, -0.25) is 4.98 Å². The summed E-state index contributed by atoms with van der Waals surface area (Å²) in [6.45, 7) is 5.06. The van der Waals surface area contributed by atoms with Crippen LogP contribution in [0.3, 0.4) is 0 Å². The average Bonchev–Trinajstić information content (AvgIpc) is 2.94. The Labute approximate surface area is 120 Å². The maximum Gasteiger partial charge on any atom is 0.0897 e. The summed E-state index contributed by atoms with van der Waals surface area (Å²) in [7, 11) is 0. The van der Waals surface area contributed by atoms with Crippen molar-refractivity contribution in [3.05, 3.63) is 29.6 Å². The minimum absolute atomic E-state index is 0.217. The van der Waals surface area contributed by atoms with Gasteiger partial charge >= 0.3 is 0 Å². The highest BCUT2D eigenvalue weighted by molar-refractivity contribution is 5.21. The van der Waals surface area contributed by atoms with Gasteiger partial charge in [0.1, 0.15) is 0 Å². The maximum atomic E-state index is 9.83. The van der Waals surface area contributed by atoms with Crippen LogP contribution in [-0.4, -0.2) is 48.7 Å². The quantitative estimate of drug-likeness (QED) is 0.745. The Bertz CT molecular complexity index is 394. The number of pyridine rings is 1. The van der Waals surface area contributed by atoms with Gasteiger partial charge in [0.2, 0.25) is 0 Å². The van der Waals surface area contributed by atoms with E-state index in [1.54, 1.807) is 6.20 Å². The summed E-state index contributed by atoms with van der Waals surface area (Å²) < 4.78 is 10.9. The standard InChI is InChI=1S/C15H24N2O3/c1-12-7-16-5-4-13(12)8-17-9-14(18)10-19-11-15-3-2-6-20-15/h4-5,7,14-15,17-18H,2-3,6,8-11H2,1H3. The van der Waals surface area contributed by atoms with Crippen molar-refractivity contribution in [1.29, 1.82) is 0 Å². The van der Waals surface area contributed by atoms with Gasteiger partial charge in [-0.2, -0.15) is 0 Å². The topological polar surface area (TPSA) is 63.6 Å². The van der Waals surface area contributed by atoms with E-state index in [2.05, 4.69) is 10.3 Å². The summed E-state index contributed by atoms with van der Waals surface area (Å²) in [4.78, 5) is 4.06. The highest BCUT2D eigenvalue weighted by atomic mass is 16.5. The van der Waals surface area contributed by atoms with E-state index in [9.17, 15) is 5.11 Å². The molecule has 1 aliphatic heterocycles. The van der Waals surface area contributed by atoms with Crippen LogP contribution in [0.25, 0.3) is 0 Å². The monoisotopic (exact) mass is 280 g/mol. The number of aliphatic hydroxyl groups is 1. The normalized spacial score (nSPS) is 20.2. The zero-order chi connectivity index (χ0) is 14.2. The van der Waals surface area contributed by atoms with Crippen LogP contribution in [0.4, 0.5) is 0 Å². The van der Waals surface area contributed by atoms with Crippen LogP contribution in [0.15, 0.2) is 18.5 Å². The Balaban J connectivity index is 1.55. The van der Waals surface area contributed by atoms with Crippen molar-refractivity contribution in [2.24, 2.45) is 0 Å². The van der Waals surface area contributed by atoms with E-state index in [-0.39, 0.29) is 6.10 Å². The van der Waals surface area contributed by atoms with Gasteiger partial charge in [0.25, 0.3) is 0 Å². The molecule has 1 aromatic rings. The summed E-state index contributed by atoms with van der Waals surface area (Å²) in [5, 5.41) is 13.1. The van der Waals surface area contributed by atoms with E-state index in [1.165, 1.54) is 5.56 Å². The smallest absolute Gasteiger partial charge is 0.0897 e. The molecule has 5 heteroatoms. The lowest BCUT2D eigenvalue weighted by atomic mass is 10.1. The predicted octanol–water partition coefficient (Wildman–Crippen LogP) is 1.04. The molecule has 0 radical (unpaired) electrons. The molecule has 5 nitrogen and oxygen atoms in total. The van der Waals surface area contributed by atoms with Crippen molar-refractivity contribution in [3.63, 3.8) is 0 Å². The number of aromatic nitrogens is 1. The third kappa shape index (κ3) is 5.17. The Morgan fingerprint density at radius 1 is 1.60 bits per heavy atom. The molecule has 1 fully saturated rings. The second kappa shape index (κ2) is 8.32. The molecule has 1 aromatic heterocycles. The molecule has 2 atom stereocenters. The largest absolute Gasteiger partial charge is 0.389 e. The zero-order valence-corrected chi connectivity index (χ0v) is 12.0. The summed E-state index contributed by atoms with van der Waals surface area (Å²) >= 11 is 0. The van der Waals surface area contributed by atoms with Gasteiger partial charge in [-0.05, 0) is 37.0 Å². The minimum Gasteiger partial charge on any atom is -0.389 e. The van der Waals surface area contributed by atoms with Crippen LogP contribution in [0.5, 0.6) is 0 Å². The lowest BCUT2D eigenvalue weighted by Crippen LogP contribution is -2.31. The first-order valence-corrected chi connectivity index (χ1v) is 7.23. The number of aliphatic hydroxyl groups excluding tert-OH is 1. The first kappa shape index (κ1) is 15.4. The van der Waals surface area contributed by atoms with E-state index in [1.807, 2.05) is 19.2 Å². The number of nitrogens with one attached hydrogen (secondary N) is 1. The van der Waals surface area contributed by atoms with Crippen molar-refractivity contribution in [3.8, 4) is 0 Å². The second-order valence-corrected chi connectivity index (χ2v) is 5.26. The number of aryl methyl sites for hydroxylation is 1. The van der Waals surface area contributed by atoms with Crippen molar-refractivity contribution in [2.45, 2.75) is 38.5 Å². The van der Waals surface area contributed by atoms with Crippen LogP contribution >= 0.6 is 0 Å². The van der Waals surface area contributed by atoms with Crippen molar-refractivity contribution < 1.29 is 14.6 Å². The van der Waals surface area contributed by atoms with Crippen LogP contribution < -0.4 is 5.32 Å². The number of hydrogen-bond donors (Lipinski definition) is 2. The second-order valence-electron chi connectivity index (χ2n) is 5.26. The Morgan fingerprint density at radius 2 is 2.50 bits per heavy atom. The predicted molar refractivity (Wildman–Crippen MR) is 76.5 cm³/mol. The number of hydrogen-bond acceptors (Lipinski definition) is 5. The molecule has 0 aliphatic carbocycles. The summed E-state index contributed by atoms with van der Waals surface area (Å²) in [6, 6.07) is 1.99. The molecule has 0 saturated carbocycles. The summed E-state index contributed by atoms with van der Waals surface area (Å²) in [6.07, 6.45) is 5.54. The van der Waals surface area contributed by atoms with Crippen molar-refractivity contribution >= 4 is 0 Å². The average molecular weight is 280 g/mol. The van der Waals surface area contributed by atoms with Crippen LogP contribution in [0.1, 0.15) is 24.0 Å². The fourth-order valence-corrected chi connectivity index (χ4v) is 2.24. The molecule has 112 valence electrons. The third-order valence-corrected chi connectivity index (χ3v) is 3.47. The molecule has 20 heavy (non-hydrogen) atoms. The first-order chi connectivity index (χ1) is 9.75. The van der Waals surface area contributed by atoms with Gasteiger partial charge in [0.05, 0.1) is 25.4 Å². The molecular weight excluding hydrogens is 256 g/mol. The molecule has 2 heterocycles. The van der Waals surface area contributed by atoms with Crippen molar-refractivity contribution in [1.82, 2.24) is 10.3 Å². The Hall–Kier alpha value is -1.01. The minimum atomic E-state index is -0.487. The van der Waals surface area contributed by atoms with E-state index in [0.717, 1.165) is 31.6 Å². The van der Waals surface area contributed by atoms with E-state index in [4.69, 9.17) is 9.47 Å². The van der Waals surface area contributed by atoms with Crippen LogP contribution in [0, 0.1) is 6.92 Å². The van der Waals surface area contributed by atoms with Gasteiger partial charge in [0, 0.05) is 32.1 Å². The molecule has 0 bridgehead atoms. The van der Waals surface area contributed by atoms with E-state index >= 15 is 0 Å². The molecule has 2 N–H and O–H groups in total. The highest BCUT2D eigenvalue weighted by Gasteiger charge is 2.16. The van der Waals surface area contributed by atoms with Gasteiger partial charge < -0.3 is 19.9 Å². The molecule has 1 saturated heterocycles. The fraction of sp³-hybridized carbons (Fsp3) is 0.667.